The number of rotatable bonds is 2. The summed E-state index contributed by atoms with van der Waals surface area (Å²) in [6.45, 7) is 0. The lowest BCUT2D eigenvalue weighted by atomic mass is 10.0. The summed E-state index contributed by atoms with van der Waals surface area (Å²) >= 11 is 0. The first-order valence-electron chi connectivity index (χ1n) is 4.63. The Morgan fingerprint density at radius 1 is 1.40 bits per heavy atom. The number of halogens is 2. The lowest BCUT2D eigenvalue weighted by Crippen LogP contribution is -2.13. The number of benzene rings is 1. The van der Waals surface area contributed by atoms with Gasteiger partial charge in [0.15, 0.2) is 0 Å². The minimum Gasteiger partial charge on any atom is -0.505 e. The Hall–Kier alpha value is -1.00. The van der Waals surface area contributed by atoms with Crippen LogP contribution in [-0.4, -0.2) is 5.11 Å². The van der Waals surface area contributed by atoms with Crippen molar-refractivity contribution in [3.8, 4) is 5.75 Å². The smallest absolute Gasteiger partial charge is 0.143 e. The number of aromatic hydroxyl groups is 1. The Morgan fingerprint density at radius 2 is 2.00 bits per heavy atom. The zero-order chi connectivity index (χ0) is 10.3. The number of nitrogen functional groups attached to an aromatic ring is 1. The number of hydrogen-bond acceptors (Lipinski definition) is 3. The van der Waals surface area contributed by atoms with E-state index < -0.39 is 5.82 Å². The lowest BCUT2D eigenvalue weighted by Gasteiger charge is -2.13. The van der Waals surface area contributed by atoms with Gasteiger partial charge in [-0.25, -0.2) is 4.39 Å². The molecule has 0 saturated heterocycles. The minimum absolute atomic E-state index is 0. The molecule has 0 amide bonds. The monoisotopic (exact) mass is 232 g/mol. The molecule has 84 valence electrons. The van der Waals surface area contributed by atoms with Crippen molar-refractivity contribution in [3.63, 3.8) is 0 Å². The van der Waals surface area contributed by atoms with Crippen molar-refractivity contribution in [1.82, 2.24) is 0 Å². The van der Waals surface area contributed by atoms with Crippen LogP contribution in [0.1, 0.15) is 24.4 Å². The fourth-order valence-corrected chi connectivity index (χ4v) is 1.61. The van der Waals surface area contributed by atoms with Crippen LogP contribution in [0.2, 0.25) is 0 Å². The SMILES string of the molecule is Cl.Nc1cc(F)cc([C@@H](N)C2CC2)c1O. The maximum Gasteiger partial charge on any atom is 0.143 e. The summed E-state index contributed by atoms with van der Waals surface area (Å²) in [7, 11) is 0. The Morgan fingerprint density at radius 3 is 2.53 bits per heavy atom. The molecular weight excluding hydrogens is 219 g/mol. The van der Waals surface area contributed by atoms with Gasteiger partial charge in [-0.2, -0.15) is 0 Å². The zero-order valence-corrected chi connectivity index (χ0v) is 8.93. The molecule has 1 aliphatic rings. The Kier molecular flexibility index (Phi) is 3.42. The summed E-state index contributed by atoms with van der Waals surface area (Å²) < 4.78 is 13.0. The van der Waals surface area contributed by atoms with E-state index in [2.05, 4.69) is 0 Å². The van der Waals surface area contributed by atoms with Crippen LogP contribution in [-0.2, 0) is 0 Å². The largest absolute Gasteiger partial charge is 0.505 e. The van der Waals surface area contributed by atoms with Gasteiger partial charge in [0.05, 0.1) is 5.69 Å². The third-order valence-electron chi connectivity index (χ3n) is 2.62. The van der Waals surface area contributed by atoms with E-state index in [4.69, 9.17) is 11.5 Å². The first-order chi connectivity index (χ1) is 6.59. The molecule has 0 bridgehead atoms. The molecule has 1 aliphatic carbocycles. The highest BCUT2D eigenvalue weighted by molar-refractivity contribution is 5.85. The molecule has 0 radical (unpaired) electrons. The Bertz CT molecular complexity index is 369. The van der Waals surface area contributed by atoms with Crippen molar-refractivity contribution >= 4 is 18.1 Å². The van der Waals surface area contributed by atoms with Crippen molar-refractivity contribution in [1.29, 1.82) is 0 Å². The molecule has 0 aliphatic heterocycles. The van der Waals surface area contributed by atoms with Gasteiger partial charge in [0.2, 0.25) is 0 Å². The van der Waals surface area contributed by atoms with Gasteiger partial charge in [0, 0.05) is 17.7 Å². The highest BCUT2D eigenvalue weighted by Gasteiger charge is 2.31. The number of phenols is 1. The van der Waals surface area contributed by atoms with E-state index >= 15 is 0 Å². The molecule has 0 unspecified atom stereocenters. The molecular formula is C10H14ClFN2O. The van der Waals surface area contributed by atoms with Crippen LogP contribution in [0.25, 0.3) is 0 Å². The first kappa shape index (κ1) is 12.1. The van der Waals surface area contributed by atoms with Crippen molar-refractivity contribution in [2.75, 3.05) is 5.73 Å². The third kappa shape index (κ3) is 2.33. The number of phenolic OH excluding ortho intramolecular Hbond substituents is 1. The van der Waals surface area contributed by atoms with E-state index in [0.717, 1.165) is 18.9 Å². The molecule has 1 fully saturated rings. The van der Waals surface area contributed by atoms with Gasteiger partial charge in [0.25, 0.3) is 0 Å². The normalized spacial score (nSPS) is 16.9. The van der Waals surface area contributed by atoms with E-state index in [1.807, 2.05) is 0 Å². The fraction of sp³-hybridized carbons (Fsp3) is 0.400. The third-order valence-corrected chi connectivity index (χ3v) is 2.62. The van der Waals surface area contributed by atoms with Gasteiger partial charge in [-0.05, 0) is 24.8 Å². The fourth-order valence-electron chi connectivity index (χ4n) is 1.61. The van der Waals surface area contributed by atoms with E-state index in [-0.39, 0.29) is 29.9 Å². The average Bonchev–Trinajstić information content (AvgIpc) is 2.93. The minimum atomic E-state index is -0.452. The number of nitrogens with two attached hydrogens (primary N) is 2. The molecule has 0 spiro atoms. The summed E-state index contributed by atoms with van der Waals surface area (Å²) in [5, 5.41) is 9.60. The van der Waals surface area contributed by atoms with Crippen molar-refractivity contribution in [2.45, 2.75) is 18.9 Å². The van der Waals surface area contributed by atoms with E-state index in [0.29, 0.717) is 11.5 Å². The maximum absolute atomic E-state index is 13.0. The van der Waals surface area contributed by atoms with Crippen molar-refractivity contribution in [3.05, 3.63) is 23.5 Å². The van der Waals surface area contributed by atoms with Gasteiger partial charge in [-0.1, -0.05) is 0 Å². The molecule has 1 aromatic rings. The zero-order valence-electron chi connectivity index (χ0n) is 8.11. The summed E-state index contributed by atoms with van der Waals surface area (Å²) in [6.07, 6.45) is 2.08. The van der Waals surface area contributed by atoms with Gasteiger partial charge >= 0.3 is 0 Å². The molecule has 5 heteroatoms. The summed E-state index contributed by atoms with van der Waals surface area (Å²) in [6, 6.07) is 2.06. The standard InChI is InChI=1S/C10H13FN2O.ClH/c11-6-3-7(9(13)5-1-2-5)10(14)8(12)4-6;/h3-5,9,14H,1-2,12-13H2;1H/t9-;/m0./s1. The highest BCUT2D eigenvalue weighted by Crippen LogP contribution is 2.43. The number of hydrogen-bond donors (Lipinski definition) is 3. The highest BCUT2D eigenvalue weighted by atomic mass is 35.5. The Labute approximate surface area is 93.7 Å². The average molecular weight is 233 g/mol. The second-order valence-corrected chi connectivity index (χ2v) is 3.80. The molecule has 15 heavy (non-hydrogen) atoms. The Balaban J connectivity index is 0.00000112. The number of anilines is 1. The second kappa shape index (κ2) is 4.24. The van der Waals surface area contributed by atoms with Crippen LogP contribution < -0.4 is 11.5 Å². The second-order valence-electron chi connectivity index (χ2n) is 3.80. The summed E-state index contributed by atoms with van der Waals surface area (Å²) in [5.41, 5.74) is 11.8. The first-order valence-corrected chi connectivity index (χ1v) is 4.63. The van der Waals surface area contributed by atoms with E-state index in [1.54, 1.807) is 0 Å². The molecule has 3 nitrogen and oxygen atoms in total. The van der Waals surface area contributed by atoms with Gasteiger partial charge in [-0.15, -0.1) is 12.4 Å². The van der Waals surface area contributed by atoms with Crippen LogP contribution in [0, 0.1) is 11.7 Å². The van der Waals surface area contributed by atoms with Crippen LogP contribution in [0.15, 0.2) is 12.1 Å². The molecule has 2 rings (SSSR count). The van der Waals surface area contributed by atoms with Crippen LogP contribution in [0.5, 0.6) is 5.75 Å². The quantitative estimate of drug-likeness (QED) is 0.539. The summed E-state index contributed by atoms with van der Waals surface area (Å²) in [4.78, 5) is 0. The van der Waals surface area contributed by atoms with Crippen LogP contribution in [0.4, 0.5) is 10.1 Å². The van der Waals surface area contributed by atoms with Crippen LogP contribution in [0.3, 0.4) is 0 Å². The molecule has 0 heterocycles. The van der Waals surface area contributed by atoms with Crippen molar-refractivity contribution in [2.24, 2.45) is 11.7 Å². The summed E-state index contributed by atoms with van der Waals surface area (Å²) in [5.74, 6) is -0.167. The van der Waals surface area contributed by atoms with Gasteiger partial charge in [0.1, 0.15) is 11.6 Å². The van der Waals surface area contributed by atoms with E-state index in [1.165, 1.54) is 6.07 Å². The molecule has 1 aromatic carbocycles. The molecule has 1 saturated carbocycles. The molecule has 5 N–H and O–H groups in total. The predicted molar refractivity (Wildman–Crippen MR) is 59.4 cm³/mol. The predicted octanol–water partition coefficient (Wildman–Crippen LogP) is 1.95. The maximum atomic E-state index is 13.0. The molecule has 0 aromatic heterocycles. The molecule has 1 atom stereocenters. The van der Waals surface area contributed by atoms with Gasteiger partial charge < -0.3 is 16.6 Å². The van der Waals surface area contributed by atoms with Crippen LogP contribution >= 0.6 is 12.4 Å². The lowest BCUT2D eigenvalue weighted by molar-refractivity contribution is 0.455. The van der Waals surface area contributed by atoms with Crippen molar-refractivity contribution < 1.29 is 9.50 Å². The topological polar surface area (TPSA) is 72.3 Å². The van der Waals surface area contributed by atoms with E-state index in [9.17, 15) is 9.50 Å². The van der Waals surface area contributed by atoms with Gasteiger partial charge in [-0.3, -0.25) is 0 Å².